The second-order valence-corrected chi connectivity index (χ2v) is 28.6. The molecule has 3 nitrogen and oxygen atoms in total. The molecule has 0 aromatic heterocycles. The third kappa shape index (κ3) is 1.82. The summed E-state index contributed by atoms with van der Waals surface area (Å²) in [5, 5.41) is 99.5. The van der Waals surface area contributed by atoms with Crippen molar-refractivity contribution in [2.24, 2.45) is 5.92 Å². The van der Waals surface area contributed by atoms with E-state index in [4.69, 9.17) is 4.74 Å². The van der Waals surface area contributed by atoms with E-state index in [9.17, 15) is 11.8 Å². The summed E-state index contributed by atoms with van der Waals surface area (Å²) in [5.41, 5.74) is 4.51. The Bertz CT molecular complexity index is 8070. The average molecular weight is 1010 g/mol. The summed E-state index contributed by atoms with van der Waals surface area (Å²) in [6, 6.07) is 19.7. The molecule has 35 rings (SSSR count). The molecule has 30 aromatic carbocycles. The Morgan fingerprint density at radius 2 is 0.588 bits per heavy atom. The zero-order valence-electron chi connectivity index (χ0n) is 41.2. The molecule has 0 radical (unpaired) electrons. The number of hydrogen-bond acceptors (Lipinski definition) is 3. The third-order valence-electron chi connectivity index (χ3n) is 27.7. The lowest BCUT2D eigenvalue weighted by Crippen LogP contribution is -2.54. The maximum atomic E-state index is 15.5. The van der Waals surface area contributed by atoms with Gasteiger partial charge in [0.2, 0.25) is 0 Å². The van der Waals surface area contributed by atoms with E-state index in [0.717, 1.165) is 11.3 Å². The van der Waals surface area contributed by atoms with E-state index in [0.29, 0.717) is 6.42 Å². The molecule has 344 valence electrons. The van der Waals surface area contributed by atoms with Gasteiger partial charge in [0.25, 0.3) is 0 Å². The van der Waals surface area contributed by atoms with Crippen LogP contribution in [0.1, 0.15) is 33.4 Å². The molecule has 1 aliphatic heterocycles. The Kier molecular flexibility index (Phi) is 3.05. The van der Waals surface area contributed by atoms with Crippen LogP contribution in [0.3, 0.4) is 0 Å². The van der Waals surface area contributed by atoms with Crippen LogP contribution in [0.4, 0.5) is 0 Å². The molecular weight excluding hydrogens is 994 g/mol. The van der Waals surface area contributed by atoms with E-state index < -0.39 is 22.6 Å². The topological polar surface area (TPSA) is 32.7 Å². The smallest absolute Gasteiger partial charge is 0.163 e. The van der Waals surface area contributed by atoms with Gasteiger partial charge in [-0.2, -0.15) is 4.42 Å². The van der Waals surface area contributed by atoms with Crippen LogP contribution in [-0.4, -0.2) is 16.6 Å². The van der Waals surface area contributed by atoms with Gasteiger partial charge in [0.15, 0.2) is 5.72 Å². The molecule has 1 N–H and O–H groups in total. The lowest BCUT2D eigenvalue weighted by Gasteiger charge is -2.51. The molecule has 80 heavy (non-hydrogen) atoms. The van der Waals surface area contributed by atoms with Gasteiger partial charge in [-0.15, -0.1) is 0 Å². The van der Waals surface area contributed by atoms with Crippen molar-refractivity contribution in [1.82, 2.24) is 4.42 Å². The minimum atomic E-state index is -1.62. The van der Waals surface area contributed by atoms with Crippen molar-refractivity contribution in [2.75, 3.05) is 7.11 Å². The second kappa shape index (κ2) is 7.61. The number of methoxy groups -OCH3 is 1. The first-order valence-corrected chi connectivity index (χ1v) is 29.6. The van der Waals surface area contributed by atoms with Crippen LogP contribution in [-0.2, 0) is 23.1 Å². The van der Waals surface area contributed by atoms with Crippen molar-refractivity contribution in [3.05, 3.63) is 88.0 Å². The molecule has 0 amide bonds. The highest BCUT2D eigenvalue weighted by Crippen LogP contribution is 2.88. The highest BCUT2D eigenvalue weighted by atomic mass is 35.5. The lowest BCUT2D eigenvalue weighted by molar-refractivity contribution is -0.0945. The summed E-state index contributed by atoms with van der Waals surface area (Å²) in [6.45, 7) is 0. The van der Waals surface area contributed by atoms with Crippen molar-refractivity contribution in [3.63, 3.8) is 0 Å². The number of benzene rings is 19. The van der Waals surface area contributed by atoms with Crippen molar-refractivity contribution in [3.8, 4) is 5.75 Å². The third-order valence-corrected chi connectivity index (χ3v) is 28.2. The van der Waals surface area contributed by atoms with Crippen LogP contribution >= 0.6 is 11.8 Å². The second-order valence-electron chi connectivity index (χ2n) is 28.2. The number of halogens is 1. The summed E-state index contributed by atoms with van der Waals surface area (Å²) in [7, 11) is 1.77. The van der Waals surface area contributed by atoms with Crippen LogP contribution in [0.5, 0.6) is 5.75 Å². The Balaban J connectivity index is 1.06. The van der Waals surface area contributed by atoms with Gasteiger partial charge in [0, 0.05) is 11.5 Å². The first-order chi connectivity index (χ1) is 39.6. The van der Waals surface area contributed by atoms with E-state index in [-0.39, 0.29) is 0 Å². The monoisotopic (exact) mass is 1010 g/mol. The highest BCUT2D eigenvalue weighted by Gasteiger charge is 2.83. The lowest BCUT2D eigenvalue weighted by atomic mass is 9.50. The molecular formula is C76H16ClNO2. The van der Waals surface area contributed by atoms with Crippen LogP contribution in [0.2, 0.25) is 0 Å². The molecule has 0 bridgehead atoms. The molecule has 2 spiro atoms. The molecule has 4 aliphatic carbocycles. The average Bonchev–Trinajstić information content (AvgIpc) is 1.40. The van der Waals surface area contributed by atoms with E-state index in [1.54, 1.807) is 212 Å². The molecule has 1 saturated heterocycles. The number of hydrogen-bond donors (Lipinski definition) is 1. The van der Waals surface area contributed by atoms with E-state index in [1.165, 1.54) is 114 Å². The van der Waals surface area contributed by atoms with Gasteiger partial charge >= 0.3 is 0 Å². The fourth-order valence-electron chi connectivity index (χ4n) is 27.2. The van der Waals surface area contributed by atoms with Crippen LogP contribution in [0.15, 0.2) is 54.6 Å². The number of ether oxygens (including phenoxy) is 1. The molecule has 4 atom stereocenters. The molecule has 30 aromatic rings. The fourth-order valence-corrected chi connectivity index (χ4v) is 27.7. The molecule has 4 heteroatoms. The Morgan fingerprint density at radius 1 is 0.338 bits per heavy atom. The van der Waals surface area contributed by atoms with E-state index in [1.807, 2.05) is 0 Å². The van der Waals surface area contributed by atoms with Gasteiger partial charge in [-0.05, 0) is 349 Å². The van der Waals surface area contributed by atoms with Gasteiger partial charge in [-0.1, -0.05) is 42.5 Å². The highest BCUT2D eigenvalue weighted by molar-refractivity contribution is 6.82. The van der Waals surface area contributed by atoms with Crippen molar-refractivity contribution < 1.29 is 9.84 Å². The molecule has 5 aliphatic rings. The zero-order valence-corrected chi connectivity index (χ0v) is 41.9. The van der Waals surface area contributed by atoms with Gasteiger partial charge in [0.05, 0.1) is 12.5 Å². The van der Waals surface area contributed by atoms with E-state index >= 15 is 5.11 Å². The number of aliphatic hydroxyl groups is 1. The Hall–Kier alpha value is -9.09. The Morgan fingerprint density at radius 3 is 0.925 bits per heavy atom. The van der Waals surface area contributed by atoms with Crippen LogP contribution < -0.4 is 4.74 Å². The molecule has 4 unspecified atom stereocenters. The first-order valence-electron chi connectivity index (χ1n) is 29.3. The first kappa shape index (κ1) is 32.1. The number of rotatable bonds is 4. The van der Waals surface area contributed by atoms with E-state index in [2.05, 4.69) is 59.0 Å². The van der Waals surface area contributed by atoms with Crippen molar-refractivity contribution in [1.29, 1.82) is 0 Å². The largest absolute Gasteiger partial charge is 0.497 e. The maximum absolute atomic E-state index is 15.5. The SMILES string of the molecule is COc1ccc(CC2C(O)(c3ccccc3)N(Cl)C34c5c6c7c8c9c%10c(c%11c%12c3c3c%13c5c5c%14c6c6c8c8c9c9c%15c%10c%11c%10c%11c%12c3c3c%12c%13c5c5c%13c%14c6c6c8c8c9c9c%15c%10c%10c%11c3c3c%12c5c5c%13c6c8c6c9c%10c3c56)C724)cc1. The Labute approximate surface area is 444 Å². The number of nitrogens with zero attached hydrogens (tertiary/aromatic N) is 1. The fraction of sp³-hybridized carbons (Fsp3) is 0.0789. The summed E-state index contributed by atoms with van der Waals surface area (Å²) in [4.78, 5) is 0. The minimum absolute atomic E-state index is 0.418. The minimum Gasteiger partial charge on any atom is -0.497 e. The quantitative estimate of drug-likeness (QED) is 0.141. The van der Waals surface area contributed by atoms with Gasteiger partial charge in [-0.25, -0.2) is 0 Å². The van der Waals surface area contributed by atoms with Crippen LogP contribution in [0, 0.1) is 5.92 Å². The predicted molar refractivity (Wildman–Crippen MR) is 332 cm³/mol. The predicted octanol–water partition coefficient (Wildman–Crippen LogP) is 19.4. The van der Waals surface area contributed by atoms with Crippen molar-refractivity contribution >= 4 is 303 Å². The molecule has 1 heterocycles. The molecule has 0 saturated carbocycles. The summed E-state index contributed by atoms with van der Waals surface area (Å²) < 4.78 is 8.09. The molecule has 1 fully saturated rings. The summed E-state index contributed by atoms with van der Waals surface area (Å²) in [5.74, 6) is 0.432. The van der Waals surface area contributed by atoms with Crippen LogP contribution in [0.25, 0.3) is 291 Å². The van der Waals surface area contributed by atoms with Gasteiger partial charge in [-0.3, -0.25) is 0 Å². The maximum Gasteiger partial charge on any atom is 0.163 e. The standard InChI is InChI=1S/C76H16ClNO2/c1-80-14-9-7-12(8-10-14)11-15-74-70-63-56-44-36-27-18-16-17-19-22(18)31-38(36)46-47-39(31)37-28(19)30-26-21(17)24-23-20(16)25-29(27)42(44)50-48-34(25)32(23)40-41-33(24)35(26)49-51-43(30)45(37)57-59(47)68(67(70)58(46)56)72-65(57)62(51)66-55(49)53(41)60-52(40)54(48)64(61(50)63)71(74)69(60)73(66)75(72,74)78(77)76(15,79)13-5-3-2-4-6-13/h2-10,15,79H,11H2,1H3. The van der Waals surface area contributed by atoms with Gasteiger partial charge in [0.1, 0.15) is 11.3 Å². The van der Waals surface area contributed by atoms with Gasteiger partial charge < -0.3 is 9.84 Å². The normalized spacial score (nSPS) is 24.2. The summed E-state index contributed by atoms with van der Waals surface area (Å²) >= 11 is 9.26. The summed E-state index contributed by atoms with van der Waals surface area (Å²) in [6.07, 6.45) is 0.623. The zero-order chi connectivity index (χ0) is 48.7. The van der Waals surface area contributed by atoms with Crippen molar-refractivity contribution in [2.45, 2.75) is 23.1 Å².